The Bertz CT molecular complexity index is 1660. The zero-order valence-electron chi connectivity index (χ0n) is 32.8. The summed E-state index contributed by atoms with van der Waals surface area (Å²) in [5.74, 6) is 9.60. The smallest absolute Gasteiger partial charge is 0.0181 e. The maximum absolute atomic E-state index is 3.94. The van der Waals surface area contributed by atoms with Gasteiger partial charge in [-0.1, -0.05) is 68.6 Å². The maximum atomic E-state index is 3.94. The van der Waals surface area contributed by atoms with Crippen molar-refractivity contribution in [2.45, 2.75) is 113 Å². The lowest BCUT2D eigenvalue weighted by atomic mass is 9.55. The molecule has 8 saturated carbocycles. The van der Waals surface area contributed by atoms with Crippen LogP contribution in [-0.4, -0.2) is 37.5 Å². The van der Waals surface area contributed by atoms with Crippen molar-refractivity contribution in [3.8, 4) is 22.3 Å². The summed E-state index contributed by atoms with van der Waals surface area (Å²) in [5.41, 5.74) is 11.2. The van der Waals surface area contributed by atoms with Gasteiger partial charge in [0.05, 0.1) is 0 Å². The third kappa shape index (κ3) is 6.25. The van der Waals surface area contributed by atoms with Gasteiger partial charge in [-0.05, 0) is 238 Å². The highest BCUT2D eigenvalue weighted by Crippen LogP contribution is 2.72. The van der Waals surface area contributed by atoms with E-state index < -0.39 is 0 Å². The van der Waals surface area contributed by atoms with Gasteiger partial charge in [0, 0.05) is 5.16 Å². The van der Waals surface area contributed by atoms with Crippen LogP contribution in [0.15, 0.2) is 72.8 Å². The van der Waals surface area contributed by atoms with Crippen LogP contribution in [0.5, 0.6) is 0 Å². The molecule has 10 fully saturated rings. The second kappa shape index (κ2) is 14.7. The first-order chi connectivity index (χ1) is 26.6. The van der Waals surface area contributed by atoms with E-state index in [4.69, 9.17) is 0 Å². The number of nitrogens with one attached hydrogen (secondary N) is 2. The fourth-order valence-electron chi connectivity index (χ4n) is 15.7. The van der Waals surface area contributed by atoms with E-state index in [1.54, 1.807) is 75.3 Å². The lowest BCUT2D eigenvalue weighted by molar-refractivity contribution is 0.0129. The Balaban J connectivity index is 1.11. The summed E-state index contributed by atoms with van der Waals surface area (Å²) in [5, 5.41) is 7.93. The molecule has 4 heteroatoms. The highest BCUT2D eigenvalue weighted by atomic mass is 31.1. The molecule has 2 N–H and O–H groups in total. The van der Waals surface area contributed by atoms with Crippen molar-refractivity contribution in [3.05, 3.63) is 83.9 Å². The summed E-state index contributed by atoms with van der Waals surface area (Å²) in [4.78, 5) is 0. The summed E-state index contributed by atoms with van der Waals surface area (Å²) in [6.07, 6.45) is 22.4. The monoisotopic (exact) mass is 756 g/mol. The first-order valence-electron chi connectivity index (χ1n) is 22.8. The van der Waals surface area contributed by atoms with Crippen LogP contribution in [0.4, 0.5) is 0 Å². The minimum atomic E-state index is -0.121. The van der Waals surface area contributed by atoms with E-state index in [9.17, 15) is 0 Å². The summed E-state index contributed by atoms with van der Waals surface area (Å²) in [7, 11) is 3.60. The molecule has 0 amide bonds. The molecule has 13 rings (SSSR count). The second-order valence-electron chi connectivity index (χ2n) is 20.3. The lowest BCUT2D eigenvalue weighted by Crippen LogP contribution is -2.53. The first kappa shape index (κ1) is 35.6. The van der Waals surface area contributed by atoms with Crippen LogP contribution in [0.25, 0.3) is 22.3 Å². The van der Waals surface area contributed by atoms with E-state index in [2.05, 4.69) is 92.7 Å². The third-order valence-corrected chi connectivity index (χ3v) is 22.5. The van der Waals surface area contributed by atoms with Gasteiger partial charge >= 0.3 is 0 Å². The predicted molar refractivity (Wildman–Crippen MR) is 232 cm³/mol. The summed E-state index contributed by atoms with van der Waals surface area (Å²) in [6.45, 7) is 4.67. The zero-order chi connectivity index (χ0) is 35.8. The SMILES string of the molecule is PC(c1cc(-c2ccccc2)c(-c2ccccc2)cc1CP(C1C2CC3CC(C2)CC1C3)C1C2CC3CC(C2)CC1C3)(C1CCCNC1)C1CCCNC1. The summed E-state index contributed by atoms with van der Waals surface area (Å²) < 4.78 is 0. The minimum absolute atomic E-state index is 0.0596. The Morgan fingerprint density at radius 3 is 1.39 bits per heavy atom. The van der Waals surface area contributed by atoms with Gasteiger partial charge in [0.1, 0.15) is 0 Å². The van der Waals surface area contributed by atoms with Gasteiger partial charge in [-0.15, -0.1) is 9.24 Å². The summed E-state index contributed by atoms with van der Waals surface area (Å²) >= 11 is 0. The molecule has 2 saturated heterocycles. The summed E-state index contributed by atoms with van der Waals surface area (Å²) in [6, 6.07) is 28.7. The van der Waals surface area contributed by atoms with Crippen molar-refractivity contribution in [2.24, 2.45) is 59.2 Å². The van der Waals surface area contributed by atoms with Gasteiger partial charge in [0.2, 0.25) is 0 Å². The zero-order valence-corrected chi connectivity index (χ0v) is 34.9. The predicted octanol–water partition coefficient (Wildman–Crippen LogP) is 11.7. The second-order valence-corrected chi connectivity index (χ2v) is 23.8. The van der Waals surface area contributed by atoms with Crippen molar-refractivity contribution in [2.75, 3.05) is 26.2 Å². The molecule has 3 aromatic rings. The van der Waals surface area contributed by atoms with Gasteiger partial charge < -0.3 is 10.6 Å². The third-order valence-electron chi connectivity index (χ3n) is 17.3. The molecule has 2 aliphatic heterocycles. The number of hydrogen-bond acceptors (Lipinski definition) is 2. The van der Waals surface area contributed by atoms with Crippen molar-refractivity contribution >= 4 is 17.2 Å². The Kier molecular flexibility index (Phi) is 9.67. The molecular weight excluding hydrogens is 691 g/mol. The molecule has 3 atom stereocenters. The first-order valence-corrected chi connectivity index (χ1v) is 25.1. The van der Waals surface area contributed by atoms with Crippen molar-refractivity contribution in [1.82, 2.24) is 10.6 Å². The fourth-order valence-corrected chi connectivity index (χ4v) is 21.1. The quantitative estimate of drug-likeness (QED) is 0.213. The van der Waals surface area contributed by atoms with Crippen LogP contribution in [0.1, 0.15) is 101 Å². The molecular formula is C50H66N2P2. The molecule has 2 nitrogen and oxygen atoms in total. The number of piperidine rings is 2. The van der Waals surface area contributed by atoms with E-state index in [-0.39, 0.29) is 13.1 Å². The Hall–Kier alpha value is -1.56. The van der Waals surface area contributed by atoms with E-state index >= 15 is 0 Å². The molecule has 0 spiro atoms. The lowest BCUT2D eigenvalue weighted by Gasteiger charge is -2.62. The molecule has 2 heterocycles. The fraction of sp³-hybridized carbons (Fsp3) is 0.640. The van der Waals surface area contributed by atoms with Crippen LogP contribution >= 0.6 is 17.2 Å². The molecule has 8 aliphatic carbocycles. The van der Waals surface area contributed by atoms with Crippen molar-refractivity contribution < 1.29 is 0 Å². The molecule has 286 valence electrons. The molecule has 3 unspecified atom stereocenters. The highest BCUT2D eigenvalue weighted by Gasteiger charge is 2.57. The van der Waals surface area contributed by atoms with Crippen LogP contribution in [-0.2, 0) is 11.3 Å². The topological polar surface area (TPSA) is 24.1 Å². The average Bonchev–Trinajstić information content (AvgIpc) is 3.21. The van der Waals surface area contributed by atoms with E-state index in [1.165, 1.54) is 67.2 Å². The molecule has 0 radical (unpaired) electrons. The maximum Gasteiger partial charge on any atom is 0.0181 e. The Morgan fingerprint density at radius 1 is 0.556 bits per heavy atom. The van der Waals surface area contributed by atoms with Gasteiger partial charge in [-0.3, -0.25) is 0 Å². The van der Waals surface area contributed by atoms with Gasteiger partial charge in [-0.2, -0.15) is 0 Å². The van der Waals surface area contributed by atoms with Crippen LogP contribution < -0.4 is 10.6 Å². The van der Waals surface area contributed by atoms with Crippen molar-refractivity contribution in [1.29, 1.82) is 0 Å². The van der Waals surface area contributed by atoms with Crippen LogP contribution in [0.3, 0.4) is 0 Å². The number of benzene rings is 3. The molecule has 8 bridgehead atoms. The van der Waals surface area contributed by atoms with Crippen LogP contribution in [0, 0.1) is 59.2 Å². The normalized spacial score (nSPS) is 39.7. The van der Waals surface area contributed by atoms with Crippen LogP contribution in [0.2, 0.25) is 0 Å². The largest absolute Gasteiger partial charge is 0.316 e. The molecule has 3 aromatic carbocycles. The average molecular weight is 757 g/mol. The Morgan fingerprint density at radius 2 is 0.981 bits per heavy atom. The highest BCUT2D eigenvalue weighted by molar-refractivity contribution is 7.58. The van der Waals surface area contributed by atoms with Crippen molar-refractivity contribution in [3.63, 3.8) is 0 Å². The van der Waals surface area contributed by atoms with E-state index in [0.717, 1.165) is 71.8 Å². The van der Waals surface area contributed by atoms with Gasteiger partial charge in [0.15, 0.2) is 0 Å². The minimum Gasteiger partial charge on any atom is -0.316 e. The molecule has 0 aromatic heterocycles. The number of hydrogen-bond donors (Lipinski definition) is 2. The molecule has 10 aliphatic rings. The standard InChI is InChI=1S/C50H66N2P2/c53-50(43-13-7-15-51-29-43,44-14-8-16-52-30-44)47-28-46(37-11-5-2-6-12-37)45(36-9-3-1-4-10-36)27-42(47)31-54(48-38-19-32-17-33(21-38)22-39(48)20-32)49-40-23-34-18-35(25-40)26-41(49)24-34/h1-6,9-12,27-28,32-35,38-41,43-44,48-49,51-52H,7-8,13-26,29-31,53H2. The van der Waals surface area contributed by atoms with Gasteiger partial charge in [-0.25, -0.2) is 0 Å². The van der Waals surface area contributed by atoms with E-state index in [1.807, 2.05) is 0 Å². The van der Waals surface area contributed by atoms with E-state index in [0.29, 0.717) is 11.8 Å². The molecule has 54 heavy (non-hydrogen) atoms. The Labute approximate surface area is 330 Å². The number of rotatable bonds is 9. The van der Waals surface area contributed by atoms with Gasteiger partial charge in [0.25, 0.3) is 0 Å².